The number of carbonyl (C=O) groups is 4. The summed E-state index contributed by atoms with van der Waals surface area (Å²) in [6.45, 7) is 3.46. The van der Waals surface area contributed by atoms with Crippen LogP contribution in [0.4, 0.5) is 0 Å². The number of amides is 4. The summed E-state index contributed by atoms with van der Waals surface area (Å²) in [7, 11) is 0. The summed E-state index contributed by atoms with van der Waals surface area (Å²) in [4.78, 5) is 50.3. The average Bonchev–Trinajstić information content (AvgIpc) is 3.30. The molecule has 1 aromatic rings. The normalized spacial score (nSPS) is 24.2. The van der Waals surface area contributed by atoms with E-state index in [2.05, 4.69) is 16.0 Å². The number of carbonyl (C=O) groups excluding carboxylic acids is 4. The number of nitrogens with zero attached hydrogens (tertiary/aromatic N) is 1. The Labute approximate surface area is 168 Å². The summed E-state index contributed by atoms with van der Waals surface area (Å²) in [6.07, 6.45) is 1.52. The molecule has 2 fully saturated rings. The number of rotatable bonds is 7. The van der Waals surface area contributed by atoms with Crippen LogP contribution in [0.3, 0.4) is 0 Å². The summed E-state index contributed by atoms with van der Waals surface area (Å²) in [5.41, 5.74) is 1.33. The molecule has 4 rings (SSSR count). The molecular weight excluding hydrogens is 376 g/mol. The number of hydrogen-bond acceptors (Lipinski definition) is 7. The summed E-state index contributed by atoms with van der Waals surface area (Å²) < 4.78 is 5.76. The Morgan fingerprint density at radius 2 is 2.00 bits per heavy atom. The van der Waals surface area contributed by atoms with Gasteiger partial charge in [0.2, 0.25) is 11.8 Å². The minimum absolute atomic E-state index is 0.106. The second kappa shape index (κ2) is 8.40. The van der Waals surface area contributed by atoms with Crippen molar-refractivity contribution in [3.05, 3.63) is 34.9 Å². The van der Waals surface area contributed by atoms with Crippen molar-refractivity contribution in [3.8, 4) is 0 Å². The minimum Gasteiger partial charge on any atom is -0.376 e. The quantitative estimate of drug-likeness (QED) is 0.419. The zero-order chi connectivity index (χ0) is 20.4. The zero-order valence-electron chi connectivity index (χ0n) is 16.0. The second-order valence-corrected chi connectivity index (χ2v) is 7.45. The monoisotopic (exact) mass is 400 g/mol. The summed E-state index contributed by atoms with van der Waals surface area (Å²) >= 11 is 0. The Bertz CT molecular complexity index is 849. The lowest BCUT2D eigenvalue weighted by Crippen LogP contribution is -2.54. The molecule has 0 aromatic heterocycles. The summed E-state index contributed by atoms with van der Waals surface area (Å²) in [5, 5.41) is 8.70. The van der Waals surface area contributed by atoms with Crippen LogP contribution in [0.1, 0.15) is 45.5 Å². The van der Waals surface area contributed by atoms with Gasteiger partial charge < -0.3 is 15.4 Å². The minimum atomic E-state index is -0.950. The van der Waals surface area contributed by atoms with Crippen molar-refractivity contribution in [2.75, 3.05) is 26.2 Å². The molecule has 3 N–H and O–H groups in total. The van der Waals surface area contributed by atoms with Crippen molar-refractivity contribution in [1.82, 2.24) is 20.9 Å². The number of imide groups is 2. The Kier molecular flexibility index (Phi) is 5.70. The van der Waals surface area contributed by atoms with E-state index in [4.69, 9.17) is 4.74 Å². The molecule has 29 heavy (non-hydrogen) atoms. The zero-order valence-corrected chi connectivity index (χ0v) is 16.0. The molecule has 0 radical (unpaired) electrons. The van der Waals surface area contributed by atoms with E-state index in [0.29, 0.717) is 36.4 Å². The summed E-state index contributed by atoms with van der Waals surface area (Å²) in [6, 6.07) is 4.18. The number of nitrogens with one attached hydrogen (secondary N) is 3. The van der Waals surface area contributed by atoms with Gasteiger partial charge in [-0.3, -0.25) is 29.4 Å². The van der Waals surface area contributed by atoms with E-state index in [1.807, 2.05) is 0 Å². The lowest BCUT2D eigenvalue weighted by atomic mass is 10.0. The maximum absolute atomic E-state index is 13.0. The van der Waals surface area contributed by atoms with Gasteiger partial charge in [0, 0.05) is 26.1 Å². The molecule has 2 unspecified atom stereocenters. The standard InChI is InChI=1S/C20H24N4O5/c25-16-5-4-15(18(26)23-16)24-19(27)14-3-1-2-12(17(14)20(24)28)10-22-8-9-29-13-6-7-21-11-13/h1-3,13,15,21-22H,4-11H2,(H,23,25,26). The predicted octanol–water partition coefficient (Wildman–Crippen LogP) is -0.444. The molecule has 154 valence electrons. The van der Waals surface area contributed by atoms with Gasteiger partial charge in [-0.1, -0.05) is 12.1 Å². The lowest BCUT2D eigenvalue weighted by Gasteiger charge is -2.27. The van der Waals surface area contributed by atoms with Crippen LogP contribution in [0, 0.1) is 0 Å². The van der Waals surface area contributed by atoms with Crippen molar-refractivity contribution in [2.45, 2.75) is 38.0 Å². The van der Waals surface area contributed by atoms with Crippen LogP contribution in [0.15, 0.2) is 18.2 Å². The molecular formula is C20H24N4O5. The fraction of sp³-hybridized carbons (Fsp3) is 0.500. The molecule has 2 saturated heterocycles. The third-order valence-corrected chi connectivity index (χ3v) is 5.52. The number of benzene rings is 1. The van der Waals surface area contributed by atoms with Crippen molar-refractivity contribution in [1.29, 1.82) is 0 Å². The molecule has 3 heterocycles. The lowest BCUT2D eigenvalue weighted by molar-refractivity contribution is -0.136. The van der Waals surface area contributed by atoms with E-state index >= 15 is 0 Å². The Morgan fingerprint density at radius 1 is 1.14 bits per heavy atom. The van der Waals surface area contributed by atoms with Crippen LogP contribution in [0.5, 0.6) is 0 Å². The van der Waals surface area contributed by atoms with Gasteiger partial charge in [0.1, 0.15) is 6.04 Å². The van der Waals surface area contributed by atoms with Gasteiger partial charge in [-0.2, -0.15) is 0 Å². The van der Waals surface area contributed by atoms with Gasteiger partial charge in [-0.05, 0) is 31.0 Å². The molecule has 0 aliphatic carbocycles. The van der Waals surface area contributed by atoms with Gasteiger partial charge >= 0.3 is 0 Å². The molecule has 0 saturated carbocycles. The van der Waals surface area contributed by atoms with E-state index in [9.17, 15) is 19.2 Å². The van der Waals surface area contributed by atoms with Crippen molar-refractivity contribution in [3.63, 3.8) is 0 Å². The van der Waals surface area contributed by atoms with Gasteiger partial charge in [0.15, 0.2) is 0 Å². The molecule has 3 aliphatic heterocycles. The fourth-order valence-corrected chi connectivity index (χ4v) is 4.02. The maximum atomic E-state index is 13.0. The van der Waals surface area contributed by atoms with Crippen molar-refractivity contribution < 1.29 is 23.9 Å². The first-order valence-corrected chi connectivity index (χ1v) is 9.93. The first-order chi connectivity index (χ1) is 14.1. The highest BCUT2D eigenvalue weighted by molar-refractivity contribution is 6.24. The third-order valence-electron chi connectivity index (χ3n) is 5.52. The Balaban J connectivity index is 1.40. The Morgan fingerprint density at radius 3 is 2.76 bits per heavy atom. The van der Waals surface area contributed by atoms with Crippen molar-refractivity contribution >= 4 is 23.6 Å². The first-order valence-electron chi connectivity index (χ1n) is 9.93. The van der Waals surface area contributed by atoms with Crippen LogP contribution >= 0.6 is 0 Å². The van der Waals surface area contributed by atoms with Gasteiger partial charge in [-0.15, -0.1) is 0 Å². The molecule has 3 aliphatic rings. The van der Waals surface area contributed by atoms with Crippen LogP contribution in [0.25, 0.3) is 0 Å². The SMILES string of the molecule is O=C1CCC(N2C(=O)c3cccc(CNCCOC4CCNC4)c3C2=O)C(=O)N1. The van der Waals surface area contributed by atoms with Gasteiger partial charge in [0.25, 0.3) is 11.8 Å². The molecule has 2 atom stereocenters. The maximum Gasteiger partial charge on any atom is 0.262 e. The molecule has 0 bridgehead atoms. The molecule has 0 spiro atoms. The highest BCUT2D eigenvalue weighted by Crippen LogP contribution is 2.29. The molecule has 1 aromatic carbocycles. The van der Waals surface area contributed by atoms with Crippen LogP contribution < -0.4 is 16.0 Å². The second-order valence-electron chi connectivity index (χ2n) is 7.45. The summed E-state index contributed by atoms with van der Waals surface area (Å²) in [5.74, 6) is -1.96. The van der Waals surface area contributed by atoms with E-state index in [0.717, 1.165) is 24.4 Å². The smallest absolute Gasteiger partial charge is 0.262 e. The topological polar surface area (TPSA) is 117 Å². The highest BCUT2D eigenvalue weighted by atomic mass is 16.5. The number of hydrogen-bond donors (Lipinski definition) is 3. The van der Waals surface area contributed by atoms with Crippen LogP contribution in [0.2, 0.25) is 0 Å². The molecule has 9 nitrogen and oxygen atoms in total. The molecule has 4 amide bonds. The number of fused-ring (bicyclic) bond motifs is 1. The number of ether oxygens (including phenoxy) is 1. The largest absolute Gasteiger partial charge is 0.376 e. The molecule has 9 heteroatoms. The Hall–Kier alpha value is -2.62. The van der Waals surface area contributed by atoms with Gasteiger partial charge in [0.05, 0.1) is 23.8 Å². The van der Waals surface area contributed by atoms with Crippen molar-refractivity contribution in [2.24, 2.45) is 0 Å². The van der Waals surface area contributed by atoms with E-state index in [1.165, 1.54) is 0 Å². The van der Waals surface area contributed by atoms with E-state index in [1.54, 1.807) is 18.2 Å². The number of piperidine rings is 1. The first kappa shape index (κ1) is 19.7. The third kappa shape index (κ3) is 3.93. The van der Waals surface area contributed by atoms with E-state index in [-0.39, 0.29) is 24.9 Å². The average molecular weight is 400 g/mol. The van der Waals surface area contributed by atoms with E-state index < -0.39 is 23.8 Å². The van der Waals surface area contributed by atoms with Crippen LogP contribution in [-0.2, 0) is 20.9 Å². The predicted molar refractivity (Wildman–Crippen MR) is 102 cm³/mol. The highest BCUT2D eigenvalue weighted by Gasteiger charge is 2.45. The van der Waals surface area contributed by atoms with Crippen LogP contribution in [-0.4, -0.2) is 66.9 Å². The van der Waals surface area contributed by atoms with Gasteiger partial charge in [-0.25, -0.2) is 0 Å². The fourth-order valence-electron chi connectivity index (χ4n) is 4.02.